The fourth-order valence-electron chi connectivity index (χ4n) is 2.07. The highest BCUT2D eigenvalue weighted by atomic mass is 16.2. The number of aliphatic hydroxyl groups is 1. The Bertz CT molecular complexity index is 517. The molecule has 0 spiro atoms. The van der Waals surface area contributed by atoms with Crippen LogP contribution in [-0.2, 0) is 0 Å². The van der Waals surface area contributed by atoms with Crippen LogP contribution in [0.25, 0.3) is 0 Å². The lowest BCUT2D eigenvalue weighted by Gasteiger charge is -2.26. The van der Waals surface area contributed by atoms with Crippen LogP contribution in [0.15, 0.2) is 18.5 Å². The lowest BCUT2D eigenvalue weighted by Crippen LogP contribution is -2.37. The summed E-state index contributed by atoms with van der Waals surface area (Å²) >= 11 is 0. The third-order valence-electron chi connectivity index (χ3n) is 2.76. The number of amides is 1. The molecule has 0 aliphatic carbocycles. The van der Waals surface area contributed by atoms with Gasteiger partial charge in [0, 0.05) is 31.0 Å². The maximum atomic E-state index is 12.6. The van der Waals surface area contributed by atoms with Crippen molar-refractivity contribution in [3.05, 3.63) is 29.6 Å². The predicted octanol–water partition coefficient (Wildman–Crippen LogP) is 2.18. The number of carbonyl (C=O) groups is 1. The highest BCUT2D eigenvalue weighted by Gasteiger charge is 2.18. The summed E-state index contributed by atoms with van der Waals surface area (Å²) in [6, 6.07) is 1.73. The largest absolute Gasteiger partial charge is 0.384 e. The molecule has 0 saturated heterocycles. The van der Waals surface area contributed by atoms with Crippen LogP contribution in [0, 0.1) is 23.7 Å². The predicted molar refractivity (Wildman–Crippen MR) is 83.8 cm³/mol. The van der Waals surface area contributed by atoms with Crippen molar-refractivity contribution >= 4 is 5.91 Å². The molecule has 4 nitrogen and oxygen atoms in total. The molecule has 0 radical (unpaired) electrons. The van der Waals surface area contributed by atoms with Crippen molar-refractivity contribution in [2.75, 3.05) is 19.7 Å². The third-order valence-corrected chi connectivity index (χ3v) is 2.76. The summed E-state index contributed by atoms with van der Waals surface area (Å²) < 4.78 is 0. The van der Waals surface area contributed by atoms with Crippen molar-refractivity contribution in [2.45, 2.75) is 27.7 Å². The van der Waals surface area contributed by atoms with Gasteiger partial charge in [-0.05, 0) is 17.9 Å². The minimum Gasteiger partial charge on any atom is -0.384 e. The van der Waals surface area contributed by atoms with Crippen LogP contribution in [0.1, 0.15) is 43.6 Å². The number of aromatic nitrogens is 1. The molecule has 114 valence electrons. The van der Waals surface area contributed by atoms with Crippen LogP contribution < -0.4 is 0 Å². The second kappa shape index (κ2) is 8.43. The normalized spacial score (nSPS) is 10.4. The summed E-state index contributed by atoms with van der Waals surface area (Å²) in [5.41, 5.74) is 1.19. The van der Waals surface area contributed by atoms with Crippen molar-refractivity contribution in [1.29, 1.82) is 0 Å². The summed E-state index contributed by atoms with van der Waals surface area (Å²) in [6.45, 7) is 9.64. The van der Waals surface area contributed by atoms with E-state index in [-0.39, 0.29) is 12.5 Å². The van der Waals surface area contributed by atoms with Crippen molar-refractivity contribution in [1.82, 2.24) is 9.88 Å². The van der Waals surface area contributed by atoms with Crippen molar-refractivity contribution in [2.24, 2.45) is 11.8 Å². The molecule has 0 fully saturated rings. The van der Waals surface area contributed by atoms with Gasteiger partial charge < -0.3 is 10.0 Å². The van der Waals surface area contributed by atoms with Gasteiger partial charge in [-0.1, -0.05) is 39.5 Å². The highest BCUT2D eigenvalue weighted by molar-refractivity contribution is 5.94. The van der Waals surface area contributed by atoms with Gasteiger partial charge in [0.2, 0.25) is 0 Å². The molecular weight excluding hydrogens is 264 g/mol. The Hall–Kier alpha value is -1.86. The lowest BCUT2D eigenvalue weighted by atomic mass is 10.1. The smallest absolute Gasteiger partial charge is 0.255 e. The van der Waals surface area contributed by atoms with Crippen molar-refractivity contribution in [3.63, 3.8) is 0 Å². The number of hydrogen-bond acceptors (Lipinski definition) is 3. The molecule has 1 rings (SSSR count). The van der Waals surface area contributed by atoms with E-state index in [0.717, 1.165) is 13.1 Å². The maximum absolute atomic E-state index is 12.6. The number of pyridine rings is 1. The van der Waals surface area contributed by atoms with E-state index >= 15 is 0 Å². The van der Waals surface area contributed by atoms with Crippen LogP contribution in [-0.4, -0.2) is 40.6 Å². The summed E-state index contributed by atoms with van der Waals surface area (Å²) in [7, 11) is 0. The van der Waals surface area contributed by atoms with Crippen LogP contribution in [0.2, 0.25) is 0 Å². The minimum atomic E-state index is -0.203. The van der Waals surface area contributed by atoms with Crippen LogP contribution in [0.4, 0.5) is 0 Å². The molecule has 1 aromatic rings. The van der Waals surface area contributed by atoms with E-state index in [9.17, 15) is 4.79 Å². The lowest BCUT2D eigenvalue weighted by molar-refractivity contribution is 0.0714. The average molecular weight is 288 g/mol. The first-order valence-corrected chi connectivity index (χ1v) is 7.28. The van der Waals surface area contributed by atoms with E-state index in [1.54, 1.807) is 18.5 Å². The summed E-state index contributed by atoms with van der Waals surface area (Å²) in [5, 5.41) is 8.72. The number of aliphatic hydroxyl groups excluding tert-OH is 1. The van der Waals surface area contributed by atoms with E-state index in [4.69, 9.17) is 5.11 Å². The quantitative estimate of drug-likeness (QED) is 0.845. The van der Waals surface area contributed by atoms with E-state index in [1.165, 1.54) is 0 Å². The Kier molecular flexibility index (Phi) is 6.90. The van der Waals surface area contributed by atoms with E-state index in [1.807, 2.05) is 4.90 Å². The van der Waals surface area contributed by atoms with Gasteiger partial charge in [0.1, 0.15) is 6.61 Å². The fraction of sp³-hybridized carbons (Fsp3) is 0.529. The molecule has 21 heavy (non-hydrogen) atoms. The van der Waals surface area contributed by atoms with Gasteiger partial charge in [-0.3, -0.25) is 9.78 Å². The molecular formula is C17H24N2O2. The molecule has 0 atom stereocenters. The minimum absolute atomic E-state index is 0.0162. The second-order valence-electron chi connectivity index (χ2n) is 5.92. The molecule has 0 unspecified atom stereocenters. The molecule has 0 saturated carbocycles. The summed E-state index contributed by atoms with van der Waals surface area (Å²) in [4.78, 5) is 18.6. The van der Waals surface area contributed by atoms with E-state index in [0.29, 0.717) is 23.0 Å². The zero-order valence-electron chi connectivity index (χ0n) is 13.3. The standard InChI is InChI=1S/C17H24N2O2/c1-13(2)11-19(12-14(3)4)17(21)16-8-15(6-5-7-20)9-18-10-16/h8-10,13-14,20H,7,11-12H2,1-4H3. The van der Waals surface area contributed by atoms with E-state index in [2.05, 4.69) is 44.5 Å². The van der Waals surface area contributed by atoms with Gasteiger partial charge in [-0.15, -0.1) is 0 Å². The van der Waals surface area contributed by atoms with Gasteiger partial charge in [0.05, 0.1) is 5.56 Å². The molecule has 0 aliphatic heterocycles. The first-order valence-electron chi connectivity index (χ1n) is 7.28. The zero-order chi connectivity index (χ0) is 15.8. The molecule has 1 aromatic heterocycles. The Labute approximate surface area is 127 Å². The van der Waals surface area contributed by atoms with Gasteiger partial charge in [0.15, 0.2) is 0 Å². The SMILES string of the molecule is CC(C)CN(CC(C)C)C(=O)c1cncc(C#CCO)c1. The molecule has 0 aromatic carbocycles. The Balaban J connectivity index is 2.97. The topological polar surface area (TPSA) is 53.4 Å². The number of carbonyl (C=O) groups excluding carboxylic acids is 1. The fourth-order valence-corrected chi connectivity index (χ4v) is 2.07. The molecule has 4 heteroatoms. The monoisotopic (exact) mass is 288 g/mol. The van der Waals surface area contributed by atoms with Gasteiger partial charge in [-0.2, -0.15) is 0 Å². The Morgan fingerprint density at radius 3 is 2.38 bits per heavy atom. The third kappa shape index (κ3) is 5.97. The first-order chi connectivity index (χ1) is 9.93. The van der Waals surface area contributed by atoms with Crippen molar-refractivity contribution < 1.29 is 9.90 Å². The number of hydrogen-bond donors (Lipinski definition) is 1. The second-order valence-corrected chi connectivity index (χ2v) is 5.92. The molecule has 1 heterocycles. The number of nitrogens with zero attached hydrogens (tertiary/aromatic N) is 2. The number of rotatable bonds is 5. The van der Waals surface area contributed by atoms with Crippen molar-refractivity contribution in [3.8, 4) is 11.8 Å². The molecule has 1 amide bonds. The van der Waals surface area contributed by atoms with Gasteiger partial charge in [-0.25, -0.2) is 0 Å². The average Bonchev–Trinajstić information content (AvgIpc) is 2.43. The highest BCUT2D eigenvalue weighted by Crippen LogP contribution is 2.11. The zero-order valence-corrected chi connectivity index (χ0v) is 13.3. The molecule has 0 bridgehead atoms. The summed E-state index contributed by atoms with van der Waals surface area (Å²) in [6.07, 6.45) is 3.16. The van der Waals surface area contributed by atoms with Crippen LogP contribution in [0.3, 0.4) is 0 Å². The molecule has 1 N–H and O–H groups in total. The van der Waals surface area contributed by atoms with E-state index < -0.39 is 0 Å². The first kappa shape index (κ1) is 17.2. The molecule has 0 aliphatic rings. The van der Waals surface area contributed by atoms with Crippen LogP contribution >= 0.6 is 0 Å². The summed E-state index contributed by atoms with van der Waals surface area (Å²) in [5.74, 6) is 6.16. The van der Waals surface area contributed by atoms with Crippen LogP contribution in [0.5, 0.6) is 0 Å². The Morgan fingerprint density at radius 1 is 1.24 bits per heavy atom. The van der Waals surface area contributed by atoms with Gasteiger partial charge in [0.25, 0.3) is 5.91 Å². The maximum Gasteiger partial charge on any atom is 0.255 e. The van der Waals surface area contributed by atoms with Gasteiger partial charge >= 0.3 is 0 Å². The Morgan fingerprint density at radius 2 is 1.86 bits per heavy atom.